The molecule has 0 spiro atoms. The average molecular weight is 341 g/mol. The first-order valence-corrected chi connectivity index (χ1v) is 7.57. The number of ether oxygens (including phenoxy) is 1. The van der Waals surface area contributed by atoms with Gasteiger partial charge < -0.3 is 4.74 Å². The van der Waals surface area contributed by atoms with E-state index < -0.39 is 5.92 Å². The molecule has 0 saturated heterocycles. The molecule has 4 nitrogen and oxygen atoms in total. The van der Waals surface area contributed by atoms with Gasteiger partial charge in [0.25, 0.3) is 0 Å². The third-order valence-corrected chi connectivity index (χ3v) is 4.24. The van der Waals surface area contributed by atoms with E-state index in [-0.39, 0.29) is 18.1 Å². The van der Waals surface area contributed by atoms with Gasteiger partial charge in [-0.05, 0) is 19.1 Å². The number of halogens is 2. The SMILES string of the molecule is Cc1csc([C@H](C#N)C(=O)COc2c(Cl)cccc2Cl)n1. The van der Waals surface area contributed by atoms with E-state index >= 15 is 0 Å². The summed E-state index contributed by atoms with van der Waals surface area (Å²) in [4.78, 5) is 16.3. The lowest BCUT2D eigenvalue weighted by Crippen LogP contribution is -2.19. The second kappa shape index (κ2) is 6.90. The van der Waals surface area contributed by atoms with Crippen LogP contribution in [0.2, 0.25) is 10.0 Å². The molecule has 2 rings (SSSR count). The monoisotopic (exact) mass is 340 g/mol. The maximum atomic E-state index is 12.1. The second-order valence-corrected chi connectivity index (χ2v) is 5.90. The normalized spacial score (nSPS) is 11.7. The fourth-order valence-electron chi connectivity index (χ4n) is 1.62. The molecule has 0 aliphatic carbocycles. The summed E-state index contributed by atoms with van der Waals surface area (Å²) in [7, 11) is 0. The molecule has 0 unspecified atom stereocenters. The molecule has 21 heavy (non-hydrogen) atoms. The van der Waals surface area contributed by atoms with Gasteiger partial charge in [0.1, 0.15) is 11.6 Å². The highest BCUT2D eigenvalue weighted by Gasteiger charge is 2.24. The molecule has 0 fully saturated rings. The number of rotatable bonds is 5. The van der Waals surface area contributed by atoms with Crippen LogP contribution < -0.4 is 4.74 Å². The van der Waals surface area contributed by atoms with E-state index in [0.717, 1.165) is 5.69 Å². The van der Waals surface area contributed by atoms with Gasteiger partial charge in [0.05, 0.1) is 16.1 Å². The number of carbonyl (C=O) groups is 1. The van der Waals surface area contributed by atoms with E-state index in [0.29, 0.717) is 15.1 Å². The Morgan fingerprint density at radius 2 is 2.14 bits per heavy atom. The highest BCUT2D eigenvalue weighted by Crippen LogP contribution is 2.32. The quantitative estimate of drug-likeness (QED) is 0.824. The number of aromatic nitrogens is 1. The molecule has 1 atom stereocenters. The molecule has 1 aromatic heterocycles. The molecular formula is C14H10Cl2N2O2S. The van der Waals surface area contributed by atoms with Gasteiger partial charge in [-0.1, -0.05) is 29.3 Å². The third-order valence-electron chi connectivity index (χ3n) is 2.61. The van der Waals surface area contributed by atoms with Crippen molar-refractivity contribution in [3.05, 3.63) is 44.3 Å². The van der Waals surface area contributed by atoms with Gasteiger partial charge in [0, 0.05) is 11.1 Å². The van der Waals surface area contributed by atoms with Crippen molar-refractivity contribution in [2.75, 3.05) is 6.61 Å². The van der Waals surface area contributed by atoms with Crippen LogP contribution in [-0.4, -0.2) is 17.4 Å². The van der Waals surface area contributed by atoms with Gasteiger partial charge in [-0.15, -0.1) is 11.3 Å². The second-order valence-electron chi connectivity index (χ2n) is 4.20. The fourth-order valence-corrected chi connectivity index (χ4v) is 2.98. The predicted octanol–water partition coefficient (Wildman–Crippen LogP) is 4.01. The van der Waals surface area contributed by atoms with Gasteiger partial charge in [-0.25, -0.2) is 4.98 Å². The number of benzene rings is 1. The first kappa shape index (κ1) is 15.8. The minimum Gasteiger partial charge on any atom is -0.483 e. The van der Waals surface area contributed by atoms with Crippen LogP contribution in [0.1, 0.15) is 16.6 Å². The van der Waals surface area contributed by atoms with E-state index in [1.807, 2.05) is 6.07 Å². The Kier molecular flexibility index (Phi) is 5.18. The fraction of sp³-hybridized carbons (Fsp3) is 0.214. The van der Waals surface area contributed by atoms with Crippen LogP contribution in [0.4, 0.5) is 0 Å². The number of ketones is 1. The minimum absolute atomic E-state index is 0.237. The summed E-state index contributed by atoms with van der Waals surface area (Å²) in [5.74, 6) is -1.09. The number of nitriles is 1. The summed E-state index contributed by atoms with van der Waals surface area (Å²) < 4.78 is 5.35. The van der Waals surface area contributed by atoms with Gasteiger partial charge in [0.2, 0.25) is 0 Å². The van der Waals surface area contributed by atoms with Crippen LogP contribution in [0.25, 0.3) is 0 Å². The zero-order valence-corrected chi connectivity index (χ0v) is 13.3. The van der Waals surface area contributed by atoms with Crippen LogP contribution in [0.3, 0.4) is 0 Å². The zero-order chi connectivity index (χ0) is 15.4. The van der Waals surface area contributed by atoms with Crippen molar-refractivity contribution in [3.63, 3.8) is 0 Å². The lowest BCUT2D eigenvalue weighted by Gasteiger charge is -2.10. The number of nitrogens with zero attached hydrogens (tertiary/aromatic N) is 2. The van der Waals surface area contributed by atoms with Crippen LogP contribution >= 0.6 is 34.5 Å². The summed E-state index contributed by atoms with van der Waals surface area (Å²) in [5.41, 5.74) is 0.776. The molecule has 1 heterocycles. The van der Waals surface area contributed by atoms with Crippen LogP contribution in [0.15, 0.2) is 23.6 Å². The van der Waals surface area contributed by atoms with Crippen LogP contribution in [-0.2, 0) is 4.79 Å². The Bertz CT molecular complexity index is 689. The Labute approximate surface area is 135 Å². The molecule has 108 valence electrons. The van der Waals surface area contributed by atoms with Crippen molar-refractivity contribution in [2.45, 2.75) is 12.8 Å². The molecule has 0 amide bonds. The predicted molar refractivity (Wildman–Crippen MR) is 82.2 cm³/mol. The molecule has 2 aromatic rings. The maximum Gasteiger partial charge on any atom is 0.194 e. The summed E-state index contributed by atoms with van der Waals surface area (Å²) in [6.45, 7) is 1.51. The number of carbonyl (C=O) groups excluding carboxylic acids is 1. The van der Waals surface area contributed by atoms with Gasteiger partial charge in [-0.3, -0.25) is 4.79 Å². The first-order valence-electron chi connectivity index (χ1n) is 5.94. The molecular weight excluding hydrogens is 331 g/mol. The maximum absolute atomic E-state index is 12.1. The molecule has 0 aliphatic rings. The summed E-state index contributed by atoms with van der Waals surface area (Å²) >= 11 is 13.2. The van der Waals surface area contributed by atoms with E-state index in [4.69, 9.17) is 33.2 Å². The smallest absolute Gasteiger partial charge is 0.194 e. The van der Waals surface area contributed by atoms with Crippen molar-refractivity contribution in [2.24, 2.45) is 0 Å². The molecule has 7 heteroatoms. The Balaban J connectivity index is 2.09. The van der Waals surface area contributed by atoms with E-state index in [1.165, 1.54) is 11.3 Å². The lowest BCUT2D eigenvalue weighted by molar-refractivity contribution is -0.121. The summed E-state index contributed by atoms with van der Waals surface area (Å²) in [5, 5.41) is 12.0. The number of hydrogen-bond donors (Lipinski definition) is 0. The van der Waals surface area contributed by atoms with Gasteiger partial charge in [0.15, 0.2) is 17.5 Å². The van der Waals surface area contributed by atoms with Crippen molar-refractivity contribution >= 4 is 40.3 Å². The molecule has 0 radical (unpaired) electrons. The van der Waals surface area contributed by atoms with E-state index in [9.17, 15) is 4.79 Å². The van der Waals surface area contributed by atoms with Gasteiger partial charge in [-0.2, -0.15) is 5.26 Å². The largest absolute Gasteiger partial charge is 0.483 e. The number of thiazole rings is 1. The zero-order valence-electron chi connectivity index (χ0n) is 11.0. The molecule has 0 bridgehead atoms. The standard InChI is InChI=1S/C14H10Cl2N2O2S/c1-8-7-21-14(18-8)9(5-17)12(19)6-20-13-10(15)3-2-4-11(13)16/h2-4,7,9H,6H2,1H3/t9-/m1/s1. The average Bonchev–Trinajstić information content (AvgIpc) is 2.85. The van der Waals surface area contributed by atoms with Crippen molar-refractivity contribution in [1.82, 2.24) is 4.98 Å². The van der Waals surface area contributed by atoms with Crippen molar-refractivity contribution in [3.8, 4) is 11.8 Å². The topological polar surface area (TPSA) is 63.0 Å². The Morgan fingerprint density at radius 1 is 1.48 bits per heavy atom. The lowest BCUT2D eigenvalue weighted by atomic mass is 10.1. The van der Waals surface area contributed by atoms with Crippen molar-refractivity contribution in [1.29, 1.82) is 5.26 Å². The van der Waals surface area contributed by atoms with Crippen LogP contribution in [0.5, 0.6) is 5.75 Å². The first-order chi connectivity index (χ1) is 10.0. The number of Topliss-reactive ketones (excluding diaryl/α,β-unsaturated/α-hetero) is 1. The van der Waals surface area contributed by atoms with Crippen LogP contribution in [0, 0.1) is 18.3 Å². The number of para-hydroxylation sites is 1. The molecule has 0 aliphatic heterocycles. The highest BCUT2D eigenvalue weighted by molar-refractivity contribution is 7.09. The summed E-state index contributed by atoms with van der Waals surface area (Å²) in [6.07, 6.45) is 0. The Hall–Kier alpha value is -1.61. The summed E-state index contributed by atoms with van der Waals surface area (Å²) in [6, 6.07) is 6.85. The molecule has 1 aromatic carbocycles. The van der Waals surface area contributed by atoms with E-state index in [2.05, 4.69) is 4.98 Å². The molecule has 0 saturated carbocycles. The van der Waals surface area contributed by atoms with Gasteiger partial charge >= 0.3 is 0 Å². The van der Waals surface area contributed by atoms with E-state index in [1.54, 1.807) is 30.5 Å². The number of aryl methyl sites for hydroxylation is 1. The number of hydrogen-bond acceptors (Lipinski definition) is 5. The van der Waals surface area contributed by atoms with Crippen molar-refractivity contribution < 1.29 is 9.53 Å². The highest BCUT2D eigenvalue weighted by atomic mass is 35.5. The third kappa shape index (κ3) is 3.73. The Morgan fingerprint density at radius 3 is 2.67 bits per heavy atom. The molecule has 0 N–H and O–H groups in total. The minimum atomic E-state index is -0.940.